The highest BCUT2D eigenvalue weighted by molar-refractivity contribution is 6.35. The molecule has 22 heavy (non-hydrogen) atoms. The first-order valence-electron chi connectivity index (χ1n) is 6.98. The summed E-state index contributed by atoms with van der Waals surface area (Å²) >= 11 is 12.0. The predicted molar refractivity (Wildman–Crippen MR) is 92.7 cm³/mol. The number of hydrogen-bond acceptors (Lipinski definition) is 2. The smallest absolute Gasteiger partial charge is 0.239 e. The zero-order chi connectivity index (χ0) is 16.1. The number of anilines is 1. The van der Waals surface area contributed by atoms with Crippen molar-refractivity contribution in [1.29, 1.82) is 0 Å². The summed E-state index contributed by atoms with van der Waals surface area (Å²) in [5, 5.41) is 4.08. The first-order valence-corrected chi connectivity index (χ1v) is 7.73. The fourth-order valence-electron chi connectivity index (χ4n) is 2.21. The summed E-state index contributed by atoms with van der Waals surface area (Å²) in [7, 11) is 1.88. The molecule has 0 aliphatic carbocycles. The van der Waals surface area contributed by atoms with Crippen molar-refractivity contribution in [3.8, 4) is 0 Å². The number of carbonyl (C=O) groups is 1. The van der Waals surface area contributed by atoms with Gasteiger partial charge in [-0.3, -0.25) is 4.79 Å². The van der Waals surface area contributed by atoms with Crippen LogP contribution in [0.4, 0.5) is 5.69 Å². The van der Waals surface area contributed by atoms with Crippen molar-refractivity contribution in [3.63, 3.8) is 0 Å². The molecule has 0 aliphatic heterocycles. The highest BCUT2D eigenvalue weighted by Crippen LogP contribution is 2.26. The van der Waals surface area contributed by atoms with E-state index in [-0.39, 0.29) is 18.5 Å². The minimum atomic E-state index is -0.179. The van der Waals surface area contributed by atoms with E-state index in [1.54, 1.807) is 12.1 Å². The molecule has 1 amide bonds. The number of para-hydroxylation sites is 1. The number of rotatable bonds is 5. The third-order valence-electron chi connectivity index (χ3n) is 3.38. The molecule has 1 N–H and O–H groups in total. The largest absolute Gasteiger partial charge is 0.365 e. The molecule has 0 fully saturated rings. The van der Waals surface area contributed by atoms with Crippen molar-refractivity contribution in [2.24, 2.45) is 0 Å². The third-order valence-corrected chi connectivity index (χ3v) is 3.95. The fraction of sp³-hybridized carbons (Fsp3) is 0.235. The Kier molecular flexibility index (Phi) is 5.69. The number of nitrogens with one attached hydrogen (secondary N) is 1. The number of benzene rings is 2. The van der Waals surface area contributed by atoms with Crippen LogP contribution in [0, 0.1) is 0 Å². The van der Waals surface area contributed by atoms with Crippen LogP contribution in [0.5, 0.6) is 0 Å². The summed E-state index contributed by atoms with van der Waals surface area (Å²) in [5.41, 5.74) is 1.84. The van der Waals surface area contributed by atoms with Gasteiger partial charge in [-0.2, -0.15) is 0 Å². The zero-order valence-corrected chi connectivity index (χ0v) is 14.0. The van der Waals surface area contributed by atoms with Gasteiger partial charge in [0.2, 0.25) is 5.91 Å². The van der Waals surface area contributed by atoms with Crippen molar-refractivity contribution in [3.05, 3.63) is 64.1 Å². The lowest BCUT2D eigenvalue weighted by Crippen LogP contribution is -2.36. The van der Waals surface area contributed by atoms with E-state index in [0.717, 1.165) is 11.3 Å². The zero-order valence-electron chi connectivity index (χ0n) is 12.5. The Balaban J connectivity index is 1.96. The Labute approximate surface area is 140 Å². The molecule has 0 radical (unpaired) electrons. The van der Waals surface area contributed by atoms with Gasteiger partial charge in [0.05, 0.1) is 12.6 Å². The summed E-state index contributed by atoms with van der Waals surface area (Å²) in [6, 6.07) is 14.9. The van der Waals surface area contributed by atoms with Crippen molar-refractivity contribution in [2.45, 2.75) is 13.0 Å². The molecule has 0 aliphatic rings. The molecule has 2 aromatic carbocycles. The topological polar surface area (TPSA) is 32.3 Å². The monoisotopic (exact) mass is 336 g/mol. The number of amides is 1. The van der Waals surface area contributed by atoms with Crippen LogP contribution in [0.25, 0.3) is 0 Å². The first kappa shape index (κ1) is 16.7. The predicted octanol–water partition coefficient (Wildman–Crippen LogP) is 4.31. The highest BCUT2D eigenvalue weighted by Gasteiger charge is 2.14. The van der Waals surface area contributed by atoms with E-state index >= 15 is 0 Å². The lowest BCUT2D eigenvalue weighted by molar-refractivity contribution is -0.120. The van der Waals surface area contributed by atoms with Gasteiger partial charge < -0.3 is 10.2 Å². The summed E-state index contributed by atoms with van der Waals surface area (Å²) in [6.07, 6.45) is 0. The Hall–Kier alpha value is -1.71. The minimum Gasteiger partial charge on any atom is -0.365 e. The van der Waals surface area contributed by atoms with Crippen LogP contribution in [-0.4, -0.2) is 19.5 Å². The van der Waals surface area contributed by atoms with E-state index in [1.807, 2.05) is 55.3 Å². The fourth-order valence-corrected chi connectivity index (χ4v) is 2.78. The molecule has 0 unspecified atom stereocenters. The van der Waals surface area contributed by atoms with E-state index < -0.39 is 0 Å². The Morgan fingerprint density at radius 1 is 1.18 bits per heavy atom. The van der Waals surface area contributed by atoms with Gasteiger partial charge in [0.1, 0.15) is 0 Å². The molecule has 0 saturated heterocycles. The molecule has 0 aromatic heterocycles. The van der Waals surface area contributed by atoms with Crippen LogP contribution >= 0.6 is 23.2 Å². The molecule has 0 heterocycles. The van der Waals surface area contributed by atoms with Crippen molar-refractivity contribution in [2.75, 3.05) is 18.5 Å². The quantitative estimate of drug-likeness (QED) is 0.882. The van der Waals surface area contributed by atoms with Gasteiger partial charge in [0.15, 0.2) is 0 Å². The summed E-state index contributed by atoms with van der Waals surface area (Å²) < 4.78 is 0. The van der Waals surface area contributed by atoms with E-state index in [4.69, 9.17) is 23.2 Å². The summed E-state index contributed by atoms with van der Waals surface area (Å²) in [6.45, 7) is 2.18. The minimum absolute atomic E-state index is 0.0649. The Morgan fingerprint density at radius 2 is 1.86 bits per heavy atom. The van der Waals surface area contributed by atoms with Crippen LogP contribution in [0.3, 0.4) is 0 Å². The van der Waals surface area contributed by atoms with Crippen molar-refractivity contribution < 1.29 is 4.79 Å². The molecule has 3 nitrogen and oxygen atoms in total. The van der Waals surface area contributed by atoms with E-state index in [0.29, 0.717) is 10.0 Å². The third kappa shape index (κ3) is 4.39. The van der Waals surface area contributed by atoms with Crippen LogP contribution in [0.2, 0.25) is 10.0 Å². The number of halogens is 2. The molecule has 2 aromatic rings. The molecule has 116 valence electrons. The number of hydrogen-bond donors (Lipinski definition) is 1. The van der Waals surface area contributed by atoms with Crippen LogP contribution < -0.4 is 10.2 Å². The molecule has 0 saturated carbocycles. The average Bonchev–Trinajstić information content (AvgIpc) is 2.47. The van der Waals surface area contributed by atoms with E-state index in [9.17, 15) is 4.79 Å². The maximum atomic E-state index is 12.2. The average molecular weight is 337 g/mol. The van der Waals surface area contributed by atoms with Gasteiger partial charge in [0, 0.05) is 22.8 Å². The highest BCUT2D eigenvalue weighted by atomic mass is 35.5. The van der Waals surface area contributed by atoms with Gasteiger partial charge in [-0.05, 0) is 36.8 Å². The van der Waals surface area contributed by atoms with Crippen LogP contribution in [0.15, 0.2) is 48.5 Å². The van der Waals surface area contributed by atoms with Gasteiger partial charge in [-0.1, -0.05) is 47.5 Å². The van der Waals surface area contributed by atoms with E-state index in [1.165, 1.54) is 0 Å². The van der Waals surface area contributed by atoms with E-state index in [2.05, 4.69) is 5.32 Å². The molecular weight excluding hydrogens is 319 g/mol. The molecule has 0 bridgehead atoms. The molecule has 2 rings (SSSR count). The standard InChI is InChI=1S/C17H18Cl2N2O/c1-12(15-9-8-13(18)10-16(15)19)20-17(22)11-21(2)14-6-4-3-5-7-14/h3-10,12H,11H2,1-2H3,(H,20,22)/t12-/m0/s1. The lowest BCUT2D eigenvalue weighted by Gasteiger charge is -2.21. The van der Waals surface area contributed by atoms with Gasteiger partial charge in [0.25, 0.3) is 0 Å². The van der Waals surface area contributed by atoms with Crippen molar-refractivity contribution in [1.82, 2.24) is 5.32 Å². The molecule has 0 spiro atoms. The lowest BCUT2D eigenvalue weighted by atomic mass is 10.1. The van der Waals surface area contributed by atoms with Gasteiger partial charge in [-0.25, -0.2) is 0 Å². The summed E-state index contributed by atoms with van der Waals surface area (Å²) in [5.74, 6) is -0.0649. The second-order valence-electron chi connectivity index (χ2n) is 5.15. The Morgan fingerprint density at radius 3 is 2.50 bits per heavy atom. The van der Waals surface area contributed by atoms with Crippen LogP contribution in [0.1, 0.15) is 18.5 Å². The second-order valence-corrected chi connectivity index (χ2v) is 5.99. The molecule has 5 heteroatoms. The van der Waals surface area contributed by atoms with Gasteiger partial charge >= 0.3 is 0 Å². The maximum Gasteiger partial charge on any atom is 0.239 e. The first-order chi connectivity index (χ1) is 10.5. The number of nitrogens with zero attached hydrogens (tertiary/aromatic N) is 1. The Bertz CT molecular complexity index is 646. The SMILES string of the molecule is C[C@H](NC(=O)CN(C)c1ccccc1)c1ccc(Cl)cc1Cl. The van der Waals surface area contributed by atoms with Crippen molar-refractivity contribution >= 4 is 34.8 Å². The maximum absolute atomic E-state index is 12.2. The molecule has 1 atom stereocenters. The number of carbonyl (C=O) groups excluding carboxylic acids is 1. The van der Waals surface area contributed by atoms with Gasteiger partial charge in [-0.15, -0.1) is 0 Å². The number of likely N-dealkylation sites (N-methyl/N-ethyl adjacent to an activating group) is 1. The van der Waals surface area contributed by atoms with Crippen LogP contribution in [-0.2, 0) is 4.79 Å². The molecular formula is C17H18Cl2N2O. The second kappa shape index (κ2) is 7.52. The normalized spacial score (nSPS) is 11.8. The summed E-state index contributed by atoms with van der Waals surface area (Å²) in [4.78, 5) is 14.1.